The fraction of sp³-hybridized carbons (Fsp3) is 0.333. The van der Waals surface area contributed by atoms with E-state index in [4.69, 9.17) is 12.2 Å². The van der Waals surface area contributed by atoms with Crippen molar-refractivity contribution in [1.82, 2.24) is 15.2 Å². The minimum atomic E-state index is 0.187. The highest BCUT2D eigenvalue weighted by Crippen LogP contribution is 2.28. The van der Waals surface area contributed by atoms with Gasteiger partial charge >= 0.3 is 0 Å². The van der Waals surface area contributed by atoms with Crippen LogP contribution in [0.2, 0.25) is 0 Å². The number of aromatic nitrogens is 1. The molecule has 5 heteroatoms. The zero-order valence-corrected chi connectivity index (χ0v) is 11.7. The minimum absolute atomic E-state index is 0.187. The molecule has 0 radical (unpaired) electrons. The van der Waals surface area contributed by atoms with Crippen molar-refractivity contribution in [2.75, 3.05) is 14.1 Å². The number of thiocarbonyl (C=S) groups is 1. The summed E-state index contributed by atoms with van der Waals surface area (Å²) in [7, 11) is 3.82. The molecule has 17 heavy (non-hydrogen) atoms. The Morgan fingerprint density at radius 1 is 1.47 bits per heavy atom. The number of benzene rings is 1. The fourth-order valence-electron chi connectivity index (χ4n) is 1.59. The zero-order valence-electron chi connectivity index (χ0n) is 10.1. The molecule has 2 aromatic rings. The second kappa shape index (κ2) is 4.98. The summed E-state index contributed by atoms with van der Waals surface area (Å²) in [6, 6.07) is 8.38. The molecule has 0 fully saturated rings. The molecule has 1 N–H and O–H groups in total. The first-order chi connectivity index (χ1) is 8.13. The van der Waals surface area contributed by atoms with Gasteiger partial charge in [0.2, 0.25) is 0 Å². The quantitative estimate of drug-likeness (QED) is 0.845. The van der Waals surface area contributed by atoms with Crippen LogP contribution in [0.4, 0.5) is 0 Å². The molecule has 1 atom stereocenters. The highest BCUT2D eigenvalue weighted by atomic mass is 32.1. The topological polar surface area (TPSA) is 28.2 Å². The third-order valence-electron chi connectivity index (χ3n) is 2.78. The molecule has 0 unspecified atom stereocenters. The lowest BCUT2D eigenvalue weighted by Crippen LogP contribution is -2.36. The van der Waals surface area contributed by atoms with Crippen molar-refractivity contribution in [2.45, 2.75) is 13.0 Å². The van der Waals surface area contributed by atoms with Crippen molar-refractivity contribution < 1.29 is 0 Å². The fourth-order valence-corrected chi connectivity index (χ4v) is 2.81. The molecule has 0 saturated heterocycles. The average molecular weight is 265 g/mol. The number of fused-ring (bicyclic) bond motifs is 1. The zero-order chi connectivity index (χ0) is 12.4. The first-order valence-corrected chi connectivity index (χ1v) is 6.66. The average Bonchev–Trinajstić information content (AvgIpc) is 2.79. The summed E-state index contributed by atoms with van der Waals surface area (Å²) in [5.41, 5.74) is 1.06. The predicted molar refractivity (Wildman–Crippen MR) is 77.5 cm³/mol. The predicted octanol–water partition coefficient (Wildman–Crippen LogP) is 2.79. The van der Waals surface area contributed by atoms with E-state index in [1.807, 2.05) is 37.2 Å². The van der Waals surface area contributed by atoms with Crippen molar-refractivity contribution in [3.63, 3.8) is 0 Å². The minimum Gasteiger partial charge on any atom is -0.366 e. The van der Waals surface area contributed by atoms with E-state index in [0.717, 1.165) is 15.6 Å². The second-order valence-corrected chi connectivity index (χ2v) is 5.31. The number of hydrogen-bond acceptors (Lipinski definition) is 3. The van der Waals surface area contributed by atoms with Crippen molar-refractivity contribution in [3.8, 4) is 0 Å². The normalized spacial score (nSPS) is 12.4. The molecule has 0 aliphatic carbocycles. The number of para-hydroxylation sites is 1. The summed E-state index contributed by atoms with van der Waals surface area (Å²) in [6.45, 7) is 2.11. The molecule has 0 amide bonds. The molecular formula is C12H15N3S2. The SMILES string of the molecule is CNC(=S)N(C)[C@H](C)c1nc2ccccc2s1. The van der Waals surface area contributed by atoms with Crippen LogP contribution in [-0.2, 0) is 0 Å². The van der Waals surface area contributed by atoms with Crippen LogP contribution in [0.3, 0.4) is 0 Å². The number of hydrogen-bond donors (Lipinski definition) is 1. The summed E-state index contributed by atoms with van der Waals surface area (Å²) < 4.78 is 1.22. The molecule has 3 nitrogen and oxygen atoms in total. The van der Waals surface area contributed by atoms with Gasteiger partial charge in [-0.15, -0.1) is 11.3 Å². The van der Waals surface area contributed by atoms with Gasteiger partial charge in [-0.3, -0.25) is 0 Å². The van der Waals surface area contributed by atoms with Gasteiger partial charge in [0.05, 0.1) is 16.3 Å². The summed E-state index contributed by atoms with van der Waals surface area (Å²) in [5.74, 6) is 0. The summed E-state index contributed by atoms with van der Waals surface area (Å²) in [4.78, 5) is 6.66. The van der Waals surface area contributed by atoms with Crippen molar-refractivity contribution in [2.24, 2.45) is 0 Å². The van der Waals surface area contributed by atoms with Gasteiger partial charge in [0.15, 0.2) is 5.11 Å². The van der Waals surface area contributed by atoms with E-state index >= 15 is 0 Å². The highest BCUT2D eigenvalue weighted by molar-refractivity contribution is 7.80. The molecule has 1 aromatic carbocycles. The van der Waals surface area contributed by atoms with Crippen LogP contribution in [0, 0.1) is 0 Å². The van der Waals surface area contributed by atoms with E-state index in [9.17, 15) is 0 Å². The Labute approximate surface area is 110 Å². The van der Waals surface area contributed by atoms with E-state index in [1.54, 1.807) is 11.3 Å². The lowest BCUT2D eigenvalue weighted by molar-refractivity contribution is 0.398. The van der Waals surface area contributed by atoms with Gasteiger partial charge in [-0.1, -0.05) is 12.1 Å². The van der Waals surface area contributed by atoms with Gasteiger partial charge in [-0.05, 0) is 31.3 Å². The van der Waals surface area contributed by atoms with E-state index in [0.29, 0.717) is 0 Å². The van der Waals surface area contributed by atoms with Gasteiger partial charge in [-0.25, -0.2) is 4.98 Å². The number of rotatable bonds is 2. The number of thiazole rings is 1. The lowest BCUT2D eigenvalue weighted by atomic mass is 10.3. The number of nitrogens with one attached hydrogen (secondary N) is 1. The van der Waals surface area contributed by atoms with Gasteiger partial charge in [0, 0.05) is 14.1 Å². The van der Waals surface area contributed by atoms with Crippen molar-refractivity contribution >= 4 is 38.9 Å². The molecule has 1 aromatic heterocycles. The van der Waals surface area contributed by atoms with E-state index in [1.165, 1.54) is 4.70 Å². The van der Waals surface area contributed by atoms with Crippen LogP contribution in [-0.4, -0.2) is 29.1 Å². The molecule has 0 aliphatic rings. The maximum absolute atomic E-state index is 5.23. The monoisotopic (exact) mass is 265 g/mol. The van der Waals surface area contributed by atoms with Gasteiger partial charge in [0.25, 0.3) is 0 Å². The summed E-state index contributed by atoms with van der Waals surface area (Å²) >= 11 is 6.95. The van der Waals surface area contributed by atoms with Crippen LogP contribution in [0.5, 0.6) is 0 Å². The second-order valence-electron chi connectivity index (χ2n) is 3.86. The molecular weight excluding hydrogens is 250 g/mol. The molecule has 0 bridgehead atoms. The molecule has 1 heterocycles. The Bertz CT molecular complexity index is 502. The van der Waals surface area contributed by atoms with Crippen LogP contribution >= 0.6 is 23.6 Å². The van der Waals surface area contributed by atoms with Crippen LogP contribution < -0.4 is 5.32 Å². The molecule has 0 spiro atoms. The van der Waals surface area contributed by atoms with Crippen LogP contribution in [0.15, 0.2) is 24.3 Å². The lowest BCUT2D eigenvalue weighted by Gasteiger charge is -2.25. The maximum atomic E-state index is 5.23. The maximum Gasteiger partial charge on any atom is 0.169 e. The first-order valence-electron chi connectivity index (χ1n) is 5.43. The van der Waals surface area contributed by atoms with E-state index in [-0.39, 0.29) is 6.04 Å². The Hall–Kier alpha value is -1.20. The Kier molecular flexibility index (Phi) is 3.59. The van der Waals surface area contributed by atoms with Crippen molar-refractivity contribution in [1.29, 1.82) is 0 Å². The van der Waals surface area contributed by atoms with Crippen LogP contribution in [0.25, 0.3) is 10.2 Å². The molecule has 0 saturated carbocycles. The van der Waals surface area contributed by atoms with Gasteiger partial charge in [0.1, 0.15) is 5.01 Å². The Morgan fingerprint density at radius 2 is 2.18 bits per heavy atom. The summed E-state index contributed by atoms with van der Waals surface area (Å²) in [6.07, 6.45) is 0. The Morgan fingerprint density at radius 3 is 2.82 bits per heavy atom. The van der Waals surface area contributed by atoms with E-state index < -0.39 is 0 Å². The smallest absolute Gasteiger partial charge is 0.169 e. The van der Waals surface area contributed by atoms with Gasteiger partial charge < -0.3 is 10.2 Å². The van der Waals surface area contributed by atoms with Gasteiger partial charge in [-0.2, -0.15) is 0 Å². The first kappa shape index (κ1) is 12.3. The molecule has 90 valence electrons. The highest BCUT2D eigenvalue weighted by Gasteiger charge is 2.17. The summed E-state index contributed by atoms with van der Waals surface area (Å²) in [5, 5.41) is 4.81. The Balaban J connectivity index is 2.30. The number of nitrogens with zero attached hydrogens (tertiary/aromatic N) is 2. The standard InChI is InChI=1S/C12H15N3S2/c1-8(15(3)12(16)13-2)11-14-9-6-4-5-7-10(9)17-11/h4-8H,1-3H3,(H,13,16)/t8-/m1/s1. The third-order valence-corrected chi connectivity index (χ3v) is 4.48. The van der Waals surface area contributed by atoms with Crippen molar-refractivity contribution in [3.05, 3.63) is 29.3 Å². The molecule has 0 aliphatic heterocycles. The largest absolute Gasteiger partial charge is 0.366 e. The van der Waals surface area contributed by atoms with E-state index in [2.05, 4.69) is 23.3 Å². The third kappa shape index (κ3) is 2.40. The molecule has 2 rings (SSSR count). The van der Waals surface area contributed by atoms with Crippen LogP contribution in [0.1, 0.15) is 18.0 Å².